The van der Waals surface area contributed by atoms with E-state index < -0.39 is 12.0 Å². The van der Waals surface area contributed by atoms with Gasteiger partial charge < -0.3 is 15.4 Å². The maximum absolute atomic E-state index is 12.3. The molecule has 0 aliphatic heterocycles. The predicted molar refractivity (Wildman–Crippen MR) is 74.7 cm³/mol. The molecule has 1 atom stereocenters. The second-order valence-corrected chi connectivity index (χ2v) is 5.34. The molecule has 0 saturated carbocycles. The molecule has 1 unspecified atom stereocenters. The smallest absolute Gasteiger partial charge is 0.325 e. The van der Waals surface area contributed by atoms with E-state index in [1.54, 1.807) is 6.92 Å². The number of carbonyl (C=O) groups excluding carboxylic acids is 2. The van der Waals surface area contributed by atoms with Gasteiger partial charge in [0.1, 0.15) is 12.6 Å². The summed E-state index contributed by atoms with van der Waals surface area (Å²) >= 11 is 1.43. The van der Waals surface area contributed by atoms with E-state index in [1.165, 1.54) is 16.2 Å². The van der Waals surface area contributed by atoms with Crippen LogP contribution in [0.25, 0.3) is 0 Å². The molecule has 1 aromatic heterocycles. The molecular weight excluding hydrogens is 264 g/mol. The maximum Gasteiger partial charge on any atom is 0.325 e. The SMILES string of the molecule is CCOC(=O)CN(C(=O)C(N)c1cccs1)C(C)C. The summed E-state index contributed by atoms with van der Waals surface area (Å²) in [7, 11) is 0. The molecule has 2 N–H and O–H groups in total. The number of ether oxygens (including phenoxy) is 1. The first kappa shape index (κ1) is 15.7. The Morgan fingerprint density at radius 3 is 2.63 bits per heavy atom. The summed E-state index contributed by atoms with van der Waals surface area (Å²) in [5.74, 6) is -0.673. The summed E-state index contributed by atoms with van der Waals surface area (Å²) in [5.41, 5.74) is 5.94. The van der Waals surface area contributed by atoms with E-state index in [4.69, 9.17) is 10.5 Å². The number of nitrogens with zero attached hydrogens (tertiary/aromatic N) is 1. The van der Waals surface area contributed by atoms with E-state index in [-0.39, 0.29) is 18.5 Å². The van der Waals surface area contributed by atoms with E-state index in [0.29, 0.717) is 6.61 Å². The largest absolute Gasteiger partial charge is 0.465 e. The molecule has 0 radical (unpaired) electrons. The summed E-state index contributed by atoms with van der Waals surface area (Å²) in [6.07, 6.45) is 0. The van der Waals surface area contributed by atoms with Gasteiger partial charge in [-0.15, -0.1) is 11.3 Å². The monoisotopic (exact) mass is 284 g/mol. The first-order valence-corrected chi connectivity index (χ1v) is 7.10. The van der Waals surface area contributed by atoms with Crippen LogP contribution in [0, 0.1) is 0 Å². The van der Waals surface area contributed by atoms with Crippen molar-refractivity contribution >= 4 is 23.2 Å². The van der Waals surface area contributed by atoms with Crippen LogP contribution in [0.1, 0.15) is 31.7 Å². The Morgan fingerprint density at radius 2 is 2.16 bits per heavy atom. The van der Waals surface area contributed by atoms with Crippen molar-refractivity contribution in [1.29, 1.82) is 0 Å². The Labute approximate surface area is 117 Å². The van der Waals surface area contributed by atoms with Crippen molar-refractivity contribution in [3.8, 4) is 0 Å². The van der Waals surface area contributed by atoms with E-state index in [9.17, 15) is 9.59 Å². The second kappa shape index (κ2) is 7.25. The van der Waals surface area contributed by atoms with Crippen LogP contribution in [0.4, 0.5) is 0 Å². The molecule has 106 valence electrons. The first-order chi connectivity index (χ1) is 8.97. The molecule has 1 heterocycles. The predicted octanol–water partition coefficient (Wildman–Crippen LogP) is 1.55. The molecule has 1 amide bonds. The number of hydrogen-bond donors (Lipinski definition) is 1. The minimum Gasteiger partial charge on any atom is -0.465 e. The Morgan fingerprint density at radius 1 is 1.47 bits per heavy atom. The number of hydrogen-bond acceptors (Lipinski definition) is 5. The fourth-order valence-corrected chi connectivity index (χ4v) is 2.35. The number of carbonyl (C=O) groups is 2. The lowest BCUT2D eigenvalue weighted by Crippen LogP contribution is -2.45. The highest BCUT2D eigenvalue weighted by molar-refractivity contribution is 7.10. The number of thiophene rings is 1. The van der Waals surface area contributed by atoms with Crippen molar-refractivity contribution in [3.63, 3.8) is 0 Å². The van der Waals surface area contributed by atoms with Crippen molar-refractivity contribution in [1.82, 2.24) is 4.90 Å². The first-order valence-electron chi connectivity index (χ1n) is 6.22. The standard InChI is InChI=1S/C13H20N2O3S/c1-4-18-11(16)8-15(9(2)3)13(17)12(14)10-6-5-7-19-10/h5-7,9,12H,4,8,14H2,1-3H3. The van der Waals surface area contributed by atoms with E-state index >= 15 is 0 Å². The third kappa shape index (κ3) is 4.33. The average Bonchev–Trinajstić information content (AvgIpc) is 2.88. The summed E-state index contributed by atoms with van der Waals surface area (Å²) in [4.78, 5) is 26.1. The molecule has 0 aliphatic carbocycles. The lowest BCUT2D eigenvalue weighted by Gasteiger charge is -2.28. The summed E-state index contributed by atoms with van der Waals surface area (Å²) in [5, 5.41) is 1.87. The zero-order valence-electron chi connectivity index (χ0n) is 11.5. The lowest BCUT2D eigenvalue weighted by atomic mass is 10.2. The van der Waals surface area contributed by atoms with Crippen molar-refractivity contribution in [2.24, 2.45) is 5.73 Å². The van der Waals surface area contributed by atoms with Gasteiger partial charge in [0.05, 0.1) is 6.61 Å². The molecule has 0 aromatic carbocycles. The van der Waals surface area contributed by atoms with Crippen LogP contribution in [0.2, 0.25) is 0 Å². The maximum atomic E-state index is 12.3. The molecule has 0 saturated heterocycles. The number of rotatable bonds is 6. The highest BCUT2D eigenvalue weighted by atomic mass is 32.1. The Kier molecular flexibility index (Phi) is 5.98. The van der Waals surface area contributed by atoms with Gasteiger partial charge in [0.25, 0.3) is 0 Å². The average molecular weight is 284 g/mol. The Balaban J connectivity index is 2.76. The van der Waals surface area contributed by atoms with Gasteiger partial charge in [0, 0.05) is 10.9 Å². The summed E-state index contributed by atoms with van der Waals surface area (Å²) in [6, 6.07) is 2.83. The lowest BCUT2D eigenvalue weighted by molar-refractivity contribution is -0.150. The second-order valence-electron chi connectivity index (χ2n) is 4.36. The van der Waals surface area contributed by atoms with Crippen molar-refractivity contribution < 1.29 is 14.3 Å². The van der Waals surface area contributed by atoms with Crippen LogP contribution in [-0.4, -0.2) is 36.0 Å². The van der Waals surface area contributed by atoms with Gasteiger partial charge in [-0.2, -0.15) is 0 Å². The molecule has 1 aromatic rings. The van der Waals surface area contributed by atoms with Gasteiger partial charge in [-0.3, -0.25) is 9.59 Å². The number of amides is 1. The molecule has 0 spiro atoms. The van der Waals surface area contributed by atoms with Crippen LogP contribution in [-0.2, 0) is 14.3 Å². The highest BCUT2D eigenvalue weighted by Crippen LogP contribution is 2.19. The third-order valence-corrected chi connectivity index (χ3v) is 3.58. The normalized spacial score (nSPS) is 12.3. The van der Waals surface area contributed by atoms with Gasteiger partial charge in [0.15, 0.2) is 0 Å². The molecule has 1 rings (SSSR count). The van der Waals surface area contributed by atoms with Gasteiger partial charge in [0.2, 0.25) is 5.91 Å². The van der Waals surface area contributed by atoms with Gasteiger partial charge >= 0.3 is 5.97 Å². The van der Waals surface area contributed by atoms with Crippen molar-refractivity contribution in [2.75, 3.05) is 13.2 Å². The van der Waals surface area contributed by atoms with Gasteiger partial charge in [-0.1, -0.05) is 6.07 Å². The molecule has 0 aliphatic rings. The van der Waals surface area contributed by atoms with Crippen molar-refractivity contribution in [3.05, 3.63) is 22.4 Å². The molecule has 19 heavy (non-hydrogen) atoms. The zero-order chi connectivity index (χ0) is 14.4. The number of esters is 1. The summed E-state index contributed by atoms with van der Waals surface area (Å²) < 4.78 is 4.87. The Bertz CT molecular complexity index is 418. The fourth-order valence-electron chi connectivity index (χ4n) is 1.63. The Hall–Kier alpha value is -1.40. The quantitative estimate of drug-likeness (QED) is 0.804. The van der Waals surface area contributed by atoms with Gasteiger partial charge in [-0.25, -0.2) is 0 Å². The third-order valence-electron chi connectivity index (χ3n) is 2.63. The molecule has 6 heteroatoms. The van der Waals surface area contributed by atoms with Gasteiger partial charge in [-0.05, 0) is 32.2 Å². The number of nitrogens with two attached hydrogens (primary N) is 1. The molecule has 0 fully saturated rings. The summed E-state index contributed by atoms with van der Waals surface area (Å²) in [6.45, 7) is 5.66. The van der Waals surface area contributed by atoms with Crippen molar-refractivity contribution in [2.45, 2.75) is 32.9 Å². The van der Waals surface area contributed by atoms with Crippen LogP contribution in [0.15, 0.2) is 17.5 Å². The zero-order valence-corrected chi connectivity index (χ0v) is 12.3. The van der Waals surface area contributed by atoms with E-state index in [1.807, 2.05) is 31.4 Å². The van der Waals surface area contributed by atoms with Crippen LogP contribution >= 0.6 is 11.3 Å². The van der Waals surface area contributed by atoms with E-state index in [0.717, 1.165) is 4.88 Å². The molecule has 5 nitrogen and oxygen atoms in total. The van der Waals surface area contributed by atoms with Crippen LogP contribution in [0.3, 0.4) is 0 Å². The minimum atomic E-state index is -0.725. The van der Waals surface area contributed by atoms with E-state index in [2.05, 4.69) is 0 Å². The minimum absolute atomic E-state index is 0.0661. The van der Waals surface area contributed by atoms with Crippen LogP contribution in [0.5, 0.6) is 0 Å². The topological polar surface area (TPSA) is 72.6 Å². The fraction of sp³-hybridized carbons (Fsp3) is 0.538. The molecular formula is C13H20N2O3S. The molecule has 0 bridgehead atoms. The highest BCUT2D eigenvalue weighted by Gasteiger charge is 2.27. The van der Waals surface area contributed by atoms with Crippen LogP contribution < -0.4 is 5.73 Å².